The Balaban J connectivity index is 2.11. The van der Waals surface area contributed by atoms with Gasteiger partial charge in [-0.25, -0.2) is 13.8 Å². The zero-order valence-corrected chi connectivity index (χ0v) is 14.0. The summed E-state index contributed by atoms with van der Waals surface area (Å²) in [6, 6.07) is 1.70. The second kappa shape index (κ2) is 6.20. The van der Waals surface area contributed by atoms with Crippen LogP contribution in [0, 0.1) is 3.70 Å². The maximum Gasteiger partial charge on any atom is 0.257 e. The summed E-state index contributed by atoms with van der Waals surface area (Å²) < 4.78 is 35.3. The van der Waals surface area contributed by atoms with Gasteiger partial charge in [-0.2, -0.15) is 5.10 Å². The fraction of sp³-hybridized carbons (Fsp3) is 0.538. The van der Waals surface area contributed by atoms with Gasteiger partial charge in [0.05, 0.1) is 5.69 Å². The SMILES string of the molecule is [2H]C1CCN(c2cc(Cl)nc3c(I)nn(CC(F)F)c23)CC1. The number of fused-ring (bicyclic) bond motifs is 1. The molecular formula is C13H14ClF2IN4. The largest absolute Gasteiger partial charge is 0.370 e. The lowest BCUT2D eigenvalue weighted by Gasteiger charge is -2.29. The molecule has 0 saturated carbocycles. The summed E-state index contributed by atoms with van der Waals surface area (Å²) >= 11 is 8.08. The Bertz CT molecular complexity index is 688. The van der Waals surface area contributed by atoms with E-state index in [0.717, 1.165) is 18.5 Å². The second-order valence-electron chi connectivity index (χ2n) is 4.88. The van der Waals surface area contributed by atoms with E-state index in [1.165, 1.54) is 4.68 Å². The van der Waals surface area contributed by atoms with Crippen LogP contribution in [0.3, 0.4) is 0 Å². The smallest absolute Gasteiger partial charge is 0.257 e. The molecule has 0 atom stereocenters. The van der Waals surface area contributed by atoms with Crippen LogP contribution >= 0.6 is 34.2 Å². The molecule has 2 aromatic rings. The van der Waals surface area contributed by atoms with Gasteiger partial charge >= 0.3 is 0 Å². The predicted molar refractivity (Wildman–Crippen MR) is 87.3 cm³/mol. The van der Waals surface area contributed by atoms with Crippen molar-refractivity contribution < 1.29 is 10.2 Å². The number of aromatic nitrogens is 3. The van der Waals surface area contributed by atoms with Crippen LogP contribution in [0.4, 0.5) is 14.5 Å². The minimum absolute atomic E-state index is 0.0600. The molecule has 0 bridgehead atoms. The maximum atomic E-state index is 12.8. The Morgan fingerprint density at radius 3 is 2.81 bits per heavy atom. The first-order chi connectivity index (χ1) is 10.5. The van der Waals surface area contributed by atoms with E-state index in [1.54, 1.807) is 6.07 Å². The van der Waals surface area contributed by atoms with Gasteiger partial charge in [-0.3, -0.25) is 4.68 Å². The predicted octanol–water partition coefficient (Wildman–Crippen LogP) is 3.94. The highest BCUT2D eigenvalue weighted by Crippen LogP contribution is 2.33. The first-order valence-corrected chi connectivity index (χ1v) is 8.09. The minimum Gasteiger partial charge on any atom is -0.370 e. The third-order valence-corrected chi connectivity index (χ3v) is 4.38. The van der Waals surface area contributed by atoms with E-state index in [-0.39, 0.29) is 6.40 Å². The number of pyridine rings is 1. The summed E-state index contributed by atoms with van der Waals surface area (Å²) in [4.78, 5) is 6.32. The van der Waals surface area contributed by atoms with Crippen LogP contribution in [-0.4, -0.2) is 34.3 Å². The molecule has 3 rings (SSSR count). The average Bonchev–Trinajstić information content (AvgIpc) is 2.74. The zero-order chi connectivity index (χ0) is 15.9. The number of nitrogens with zero attached hydrogens (tertiary/aromatic N) is 4. The number of halogens is 4. The third kappa shape index (κ3) is 3.08. The minimum atomic E-state index is -2.48. The lowest BCUT2D eigenvalue weighted by Crippen LogP contribution is -2.30. The summed E-state index contributed by atoms with van der Waals surface area (Å²) in [5.74, 6) is 0. The molecule has 21 heavy (non-hydrogen) atoms. The van der Waals surface area contributed by atoms with Crippen LogP contribution in [0.15, 0.2) is 6.07 Å². The highest BCUT2D eigenvalue weighted by Gasteiger charge is 2.22. The average molecular weight is 428 g/mol. The summed E-state index contributed by atoms with van der Waals surface area (Å²) in [6.07, 6.45) is -1.04. The molecule has 0 N–H and O–H groups in total. The van der Waals surface area contributed by atoms with Gasteiger partial charge in [-0.1, -0.05) is 11.6 Å². The van der Waals surface area contributed by atoms with Crippen LogP contribution in [0.25, 0.3) is 11.0 Å². The number of alkyl halides is 2. The van der Waals surface area contributed by atoms with Gasteiger partial charge in [0.2, 0.25) is 0 Å². The van der Waals surface area contributed by atoms with Crippen molar-refractivity contribution in [2.45, 2.75) is 32.2 Å². The van der Waals surface area contributed by atoms with E-state index in [0.29, 0.717) is 33.0 Å². The van der Waals surface area contributed by atoms with E-state index in [4.69, 9.17) is 13.0 Å². The fourth-order valence-electron chi connectivity index (χ4n) is 2.59. The topological polar surface area (TPSA) is 34.0 Å². The van der Waals surface area contributed by atoms with Gasteiger partial charge in [0.25, 0.3) is 6.43 Å². The molecule has 3 heterocycles. The molecule has 2 aromatic heterocycles. The van der Waals surface area contributed by atoms with E-state index >= 15 is 0 Å². The fourth-order valence-corrected chi connectivity index (χ4v) is 3.42. The molecule has 0 aromatic carbocycles. The van der Waals surface area contributed by atoms with Crippen molar-refractivity contribution in [3.8, 4) is 0 Å². The Morgan fingerprint density at radius 2 is 2.14 bits per heavy atom. The quantitative estimate of drug-likeness (QED) is 0.550. The molecule has 0 spiro atoms. The van der Waals surface area contributed by atoms with Gasteiger partial charge in [0, 0.05) is 20.5 Å². The molecule has 1 saturated heterocycles. The molecule has 0 radical (unpaired) electrons. The summed E-state index contributed by atoms with van der Waals surface area (Å²) in [6.45, 7) is 0.949. The molecule has 114 valence electrons. The van der Waals surface area contributed by atoms with E-state index in [1.807, 2.05) is 22.6 Å². The first kappa shape index (κ1) is 13.9. The van der Waals surface area contributed by atoms with Crippen molar-refractivity contribution in [3.05, 3.63) is 14.9 Å². The molecule has 1 aliphatic heterocycles. The molecule has 1 fully saturated rings. The Labute approximate surface area is 141 Å². The van der Waals surface area contributed by atoms with Crippen molar-refractivity contribution in [2.75, 3.05) is 18.0 Å². The van der Waals surface area contributed by atoms with Crippen molar-refractivity contribution in [1.82, 2.24) is 14.8 Å². The van der Waals surface area contributed by atoms with Crippen molar-refractivity contribution >= 4 is 50.9 Å². The molecule has 8 heteroatoms. The lowest BCUT2D eigenvalue weighted by molar-refractivity contribution is 0.123. The van der Waals surface area contributed by atoms with Gasteiger partial charge in [-0.05, 0) is 41.8 Å². The first-order valence-electron chi connectivity index (χ1n) is 7.21. The van der Waals surface area contributed by atoms with Gasteiger partial charge in [-0.15, -0.1) is 0 Å². The van der Waals surface area contributed by atoms with Crippen molar-refractivity contribution in [2.24, 2.45) is 0 Å². The summed E-state index contributed by atoms with van der Waals surface area (Å²) in [5, 5.41) is 4.50. The Morgan fingerprint density at radius 1 is 1.43 bits per heavy atom. The standard InChI is InChI=1S/C13H14ClF2IN4/c14-9-6-8(20-4-2-1-3-5-20)12-11(18-9)13(17)19-21(12)7-10(15)16/h6,10H,1-5,7H2/i1D. The second-order valence-corrected chi connectivity index (χ2v) is 6.29. The molecule has 0 unspecified atom stereocenters. The van der Waals surface area contributed by atoms with E-state index in [2.05, 4.69) is 15.0 Å². The molecule has 0 amide bonds. The lowest BCUT2D eigenvalue weighted by atomic mass is 10.1. The normalized spacial score (nSPS) is 17.8. The summed E-state index contributed by atoms with van der Waals surface area (Å²) in [5.41, 5.74) is 1.92. The number of hydrogen-bond donors (Lipinski definition) is 0. The number of anilines is 1. The van der Waals surface area contributed by atoms with Gasteiger partial charge in [0.15, 0.2) is 0 Å². The summed E-state index contributed by atoms with van der Waals surface area (Å²) in [7, 11) is 0. The van der Waals surface area contributed by atoms with Crippen LogP contribution in [0.2, 0.25) is 5.15 Å². The number of rotatable bonds is 3. The van der Waals surface area contributed by atoms with E-state index < -0.39 is 13.0 Å². The van der Waals surface area contributed by atoms with Crippen LogP contribution in [-0.2, 0) is 6.54 Å². The molecule has 4 nitrogen and oxygen atoms in total. The molecular weight excluding hydrogens is 413 g/mol. The Kier molecular flexibility index (Phi) is 4.11. The number of piperidine rings is 1. The Hall–Kier alpha value is -0.700. The van der Waals surface area contributed by atoms with Crippen LogP contribution in [0.1, 0.15) is 20.6 Å². The van der Waals surface area contributed by atoms with Gasteiger partial charge in [0.1, 0.15) is 26.4 Å². The zero-order valence-electron chi connectivity index (χ0n) is 12.1. The third-order valence-electron chi connectivity index (χ3n) is 3.46. The molecule has 0 aliphatic carbocycles. The van der Waals surface area contributed by atoms with E-state index in [9.17, 15) is 8.78 Å². The highest BCUT2D eigenvalue weighted by molar-refractivity contribution is 14.1. The van der Waals surface area contributed by atoms with Crippen molar-refractivity contribution in [3.63, 3.8) is 0 Å². The van der Waals surface area contributed by atoms with Crippen LogP contribution < -0.4 is 4.90 Å². The molecule has 1 aliphatic rings. The van der Waals surface area contributed by atoms with Crippen LogP contribution in [0.5, 0.6) is 0 Å². The number of hydrogen-bond acceptors (Lipinski definition) is 3. The maximum absolute atomic E-state index is 12.8. The monoisotopic (exact) mass is 427 g/mol. The highest BCUT2D eigenvalue weighted by atomic mass is 127. The van der Waals surface area contributed by atoms with Crippen molar-refractivity contribution in [1.29, 1.82) is 0 Å². The van der Waals surface area contributed by atoms with Gasteiger partial charge < -0.3 is 4.90 Å².